The van der Waals surface area contributed by atoms with Crippen LogP contribution >= 0.6 is 73.1 Å². The number of hydrogen-bond donors (Lipinski definition) is 2. The number of amides is 3. The zero-order chi connectivity index (χ0) is 62.9. The zero-order valence-corrected chi connectivity index (χ0v) is 56.5. The summed E-state index contributed by atoms with van der Waals surface area (Å²) in [5.41, 5.74) is 1.29. The average Bonchev–Trinajstić information content (AvgIpc) is 4.38. The van der Waals surface area contributed by atoms with Crippen molar-refractivity contribution in [1.82, 2.24) is 20.0 Å². The minimum absolute atomic E-state index is 0.133. The second kappa shape index (κ2) is 33.0. The van der Waals surface area contributed by atoms with Gasteiger partial charge in [-0.25, -0.2) is 27.6 Å². The van der Waals surface area contributed by atoms with Crippen LogP contribution in [0.25, 0.3) is 30.3 Å². The molecule has 0 saturated carbocycles. The molecule has 0 spiro atoms. The lowest BCUT2D eigenvalue weighted by atomic mass is 9.89. The molecule has 7 heterocycles. The fourth-order valence-corrected chi connectivity index (χ4v) is 14.0. The molecule has 4 aliphatic heterocycles. The molecule has 0 radical (unpaired) electrons. The number of ether oxygens (including phenoxy) is 3. The highest BCUT2D eigenvalue weighted by molar-refractivity contribution is 9.10. The van der Waals surface area contributed by atoms with Gasteiger partial charge in [-0.3, -0.25) is 4.18 Å². The summed E-state index contributed by atoms with van der Waals surface area (Å²) in [6.07, 6.45) is 6.13. The summed E-state index contributed by atoms with van der Waals surface area (Å²) in [5, 5.41) is 22.6. The maximum atomic E-state index is 13.3. The molecule has 3 aromatic heterocycles. The topological polar surface area (TPSA) is 164 Å². The minimum atomic E-state index is -3.42. The molecule has 4 aliphatic rings. The molecule has 0 aliphatic carbocycles. The number of halogens is 6. The SMILES string of the molecule is CC(C)(C)OC(=O)N1CCC(O)CC1.CC(C)(C)OC(=O)N1CCC(OS(C)(=O)=O)CC1.CC(C)(C)OC(=O)N1CCC(c2csc3cc(F)ccc23)CC1.ClCCl.Fc1ccc2c(Br)csc2c1.Fc1ccc2c(C3CCNCC3)csc2c1. The van der Waals surface area contributed by atoms with Gasteiger partial charge in [-0.05, 0) is 230 Å². The molecule has 24 heteroatoms. The van der Waals surface area contributed by atoms with E-state index in [9.17, 15) is 41.1 Å². The molecule has 6 aromatic rings. The van der Waals surface area contributed by atoms with E-state index in [2.05, 4.69) is 32.0 Å². The van der Waals surface area contributed by atoms with Crippen molar-refractivity contribution in [1.29, 1.82) is 0 Å². The molecule has 10 rings (SSSR count). The van der Waals surface area contributed by atoms with E-state index in [1.807, 2.05) is 79.8 Å². The van der Waals surface area contributed by atoms with Crippen LogP contribution < -0.4 is 5.32 Å². The van der Waals surface area contributed by atoms with Crippen molar-refractivity contribution in [2.75, 3.05) is 64.0 Å². The fraction of sp³-hybridized carbons (Fsp3) is 0.557. The van der Waals surface area contributed by atoms with Gasteiger partial charge < -0.3 is 39.3 Å². The first-order chi connectivity index (χ1) is 39.8. The molecular weight excluding hydrogens is 1280 g/mol. The van der Waals surface area contributed by atoms with Crippen LogP contribution in [-0.4, -0.2) is 139 Å². The van der Waals surface area contributed by atoms with Crippen molar-refractivity contribution in [2.24, 2.45) is 0 Å². The standard InChI is InChI=1S/C18H22FNO2S.C13H14FNS.C11H21NO5S.C10H19NO3.C8H4BrFS.CH2Cl2/c1-18(2,3)22-17(21)20-8-6-12(7-9-20)15-11-23-16-10-13(19)4-5-14(15)16;14-10-1-2-11-12(8-16-13(11)7-10)9-3-5-15-6-4-9;1-11(2,3)16-10(13)12-7-5-9(6-8-12)17-18(4,14)15;1-10(2,3)14-9(13)11-6-4-8(12)5-7-11;9-7-4-11-8-3-5(10)1-2-6(7)8;2-1-3/h4-5,10-12H,6-9H2,1-3H3;1-2,7-9,15H,3-6H2;9H,5-8H2,1-4H3;8,12H,4-7H2,1-3H3;1-4H;1H2. The highest BCUT2D eigenvalue weighted by Crippen LogP contribution is 2.38. The number of thiophene rings is 3. The second-order valence-electron chi connectivity index (χ2n) is 23.9. The van der Waals surface area contributed by atoms with E-state index >= 15 is 0 Å². The molecule has 3 aromatic carbocycles. The molecule has 85 heavy (non-hydrogen) atoms. The van der Waals surface area contributed by atoms with Gasteiger partial charge in [0, 0.05) is 68.6 Å². The lowest BCUT2D eigenvalue weighted by Gasteiger charge is -2.33. The number of alkyl halides is 2. The Morgan fingerprint density at radius 3 is 1.28 bits per heavy atom. The number of nitrogens with zero attached hydrogens (tertiary/aromatic N) is 3. The van der Waals surface area contributed by atoms with Crippen molar-refractivity contribution < 1.29 is 59.5 Å². The maximum Gasteiger partial charge on any atom is 0.410 e. The van der Waals surface area contributed by atoms with E-state index < -0.39 is 26.9 Å². The number of carbonyl (C=O) groups is 3. The van der Waals surface area contributed by atoms with E-state index in [1.54, 1.807) is 79.0 Å². The van der Waals surface area contributed by atoms with E-state index in [0.29, 0.717) is 76.8 Å². The Balaban J connectivity index is 0.000000195. The van der Waals surface area contributed by atoms with Crippen LogP contribution in [0.5, 0.6) is 0 Å². The lowest BCUT2D eigenvalue weighted by Crippen LogP contribution is -2.43. The van der Waals surface area contributed by atoms with Crippen LogP contribution in [-0.2, 0) is 28.5 Å². The Hall–Kier alpha value is -3.97. The second-order valence-corrected chi connectivity index (χ2v) is 29.9. The van der Waals surface area contributed by atoms with Crippen LogP contribution in [0.4, 0.5) is 27.6 Å². The summed E-state index contributed by atoms with van der Waals surface area (Å²) in [7, 11) is -3.42. The molecule has 0 unspecified atom stereocenters. The van der Waals surface area contributed by atoms with Crippen molar-refractivity contribution in [2.45, 2.75) is 155 Å². The summed E-state index contributed by atoms with van der Waals surface area (Å²) in [5.74, 6) is 0.581. The summed E-state index contributed by atoms with van der Waals surface area (Å²) in [4.78, 5) is 40.4. The first kappa shape index (κ1) is 71.8. The first-order valence-electron chi connectivity index (χ1n) is 28.3. The van der Waals surface area contributed by atoms with Gasteiger partial charge in [-0.1, -0.05) is 12.1 Å². The van der Waals surface area contributed by atoms with E-state index in [-0.39, 0.29) is 53.3 Å². The average molecular weight is 1370 g/mol. The van der Waals surface area contributed by atoms with Crippen molar-refractivity contribution in [3.63, 3.8) is 0 Å². The smallest absolute Gasteiger partial charge is 0.410 e. The Bertz CT molecular complexity index is 3190. The van der Waals surface area contributed by atoms with Crippen LogP contribution in [0.2, 0.25) is 0 Å². The number of hydrogen-bond acceptors (Lipinski definition) is 14. The number of aliphatic hydroxyl groups is 1. The maximum absolute atomic E-state index is 13.3. The van der Waals surface area contributed by atoms with Crippen LogP contribution in [0.15, 0.2) is 75.2 Å². The van der Waals surface area contributed by atoms with E-state index in [1.165, 1.54) is 41.5 Å². The number of fused-ring (bicyclic) bond motifs is 3. The van der Waals surface area contributed by atoms with Gasteiger partial charge in [-0.15, -0.1) is 57.2 Å². The predicted molar refractivity (Wildman–Crippen MR) is 344 cm³/mol. The van der Waals surface area contributed by atoms with Crippen LogP contribution in [0, 0.1) is 17.5 Å². The third-order valence-corrected chi connectivity index (χ3v) is 18.0. The van der Waals surface area contributed by atoms with Gasteiger partial charge in [0.2, 0.25) is 0 Å². The van der Waals surface area contributed by atoms with Crippen LogP contribution in [0.3, 0.4) is 0 Å². The van der Waals surface area contributed by atoms with Crippen molar-refractivity contribution >= 4 is 132 Å². The number of likely N-dealkylation sites (tertiary alicyclic amines) is 3. The molecule has 0 atom stereocenters. The van der Waals surface area contributed by atoms with E-state index in [4.69, 9.17) is 41.6 Å². The summed E-state index contributed by atoms with van der Waals surface area (Å²) in [6, 6.07) is 14.9. The third-order valence-electron chi connectivity index (χ3n) is 13.5. The summed E-state index contributed by atoms with van der Waals surface area (Å²) < 4.78 is 85.9. The Morgan fingerprint density at radius 1 is 0.576 bits per heavy atom. The Labute approximate surface area is 529 Å². The predicted octanol–water partition coefficient (Wildman–Crippen LogP) is 16.6. The quantitative estimate of drug-likeness (QED) is 0.0981. The van der Waals surface area contributed by atoms with Crippen molar-refractivity contribution in [3.8, 4) is 0 Å². The van der Waals surface area contributed by atoms with E-state index in [0.717, 1.165) is 61.5 Å². The number of carbonyl (C=O) groups excluding carboxylic acids is 3. The van der Waals surface area contributed by atoms with Crippen molar-refractivity contribution in [3.05, 3.63) is 104 Å². The molecule has 3 amide bonds. The number of aliphatic hydroxyl groups excluding tert-OH is 1. The van der Waals surface area contributed by atoms with Gasteiger partial charge in [0.15, 0.2) is 0 Å². The highest BCUT2D eigenvalue weighted by atomic mass is 79.9. The minimum Gasteiger partial charge on any atom is -0.444 e. The van der Waals surface area contributed by atoms with Crippen LogP contribution in [0.1, 0.15) is 137 Å². The lowest BCUT2D eigenvalue weighted by molar-refractivity contribution is 0.00958. The molecule has 472 valence electrons. The first-order valence-corrected chi connectivity index (χ1v) is 34.6. The Kier molecular flexibility index (Phi) is 27.9. The van der Waals surface area contributed by atoms with Gasteiger partial charge in [-0.2, -0.15) is 8.42 Å². The molecular formula is C61H82BrCl2F3N4O10S4. The molecule has 2 N–H and O–H groups in total. The Morgan fingerprint density at radius 2 is 0.906 bits per heavy atom. The normalized spacial score (nSPS) is 16.7. The third kappa shape index (κ3) is 24.9. The van der Waals surface area contributed by atoms with Gasteiger partial charge >= 0.3 is 18.3 Å². The largest absolute Gasteiger partial charge is 0.444 e. The van der Waals surface area contributed by atoms with Gasteiger partial charge in [0.05, 0.1) is 23.8 Å². The summed E-state index contributed by atoms with van der Waals surface area (Å²) >= 11 is 17.7. The number of benzene rings is 3. The van der Waals surface area contributed by atoms with Gasteiger partial charge in [0.1, 0.15) is 34.3 Å². The molecule has 4 fully saturated rings. The number of rotatable bonds is 4. The highest BCUT2D eigenvalue weighted by Gasteiger charge is 2.31. The van der Waals surface area contributed by atoms with Gasteiger partial charge in [0.25, 0.3) is 10.1 Å². The molecule has 0 bridgehead atoms. The molecule has 14 nitrogen and oxygen atoms in total. The zero-order valence-electron chi connectivity index (χ0n) is 50.1. The fourth-order valence-electron chi connectivity index (χ4n) is 9.56. The monoisotopic (exact) mass is 1360 g/mol. The summed E-state index contributed by atoms with van der Waals surface area (Å²) in [6.45, 7) is 22.3. The molecule has 4 saturated heterocycles. The number of piperidine rings is 4. The number of nitrogens with one attached hydrogen (secondary N) is 1.